The summed E-state index contributed by atoms with van der Waals surface area (Å²) in [6.45, 7) is 8.12. The van der Waals surface area contributed by atoms with Crippen molar-refractivity contribution in [1.82, 2.24) is 24.6 Å². The lowest BCUT2D eigenvalue weighted by molar-refractivity contribution is 0.0241. The van der Waals surface area contributed by atoms with Crippen molar-refractivity contribution in [2.75, 3.05) is 12.4 Å². The molecule has 0 spiro atoms. The van der Waals surface area contributed by atoms with Gasteiger partial charge in [-0.25, -0.2) is 9.78 Å². The van der Waals surface area contributed by atoms with Crippen LogP contribution in [0.5, 0.6) is 5.75 Å². The molecule has 0 saturated carbocycles. The number of pyridine rings is 1. The molecule has 1 aliphatic heterocycles. The molecule has 0 radical (unpaired) electrons. The number of fused-ring (bicyclic) bond motifs is 2. The maximum Gasteiger partial charge on any atom is 0.410 e. The Morgan fingerprint density at radius 2 is 1.89 bits per heavy atom. The average molecular weight is 521 g/mol. The van der Waals surface area contributed by atoms with Crippen LogP contribution in [0, 0.1) is 6.92 Å². The molecule has 11 heteroatoms. The Kier molecular flexibility index (Phi) is 6.10. The number of ether oxygens (including phenoxy) is 2. The SMILES string of the molecule is COc1cc2c(cnn2C)cc1-c1cc(C)ncc1C(=O)Nc1nc2c(s1)CN(C(=O)OC(C)(C)C)C2. The first kappa shape index (κ1) is 24.7. The number of carbonyl (C=O) groups is 2. The molecule has 4 aromatic rings. The maximum atomic E-state index is 13.4. The van der Waals surface area contributed by atoms with E-state index in [1.165, 1.54) is 11.3 Å². The second-order valence-corrected chi connectivity index (χ2v) is 11.0. The second-order valence-electron chi connectivity index (χ2n) is 9.93. The van der Waals surface area contributed by atoms with E-state index in [4.69, 9.17) is 9.47 Å². The molecule has 1 aromatic carbocycles. The summed E-state index contributed by atoms with van der Waals surface area (Å²) < 4.78 is 12.9. The maximum absolute atomic E-state index is 13.4. The van der Waals surface area contributed by atoms with Crippen molar-refractivity contribution in [3.05, 3.63) is 52.4 Å². The number of anilines is 1. The molecular weight excluding hydrogens is 492 g/mol. The fraction of sp³-hybridized carbons (Fsp3) is 0.346. The van der Waals surface area contributed by atoms with Gasteiger partial charge in [-0.1, -0.05) is 11.3 Å². The first-order valence-corrected chi connectivity index (χ1v) is 12.6. The number of methoxy groups -OCH3 is 1. The van der Waals surface area contributed by atoms with Crippen LogP contribution in [0.2, 0.25) is 0 Å². The Balaban J connectivity index is 1.40. The van der Waals surface area contributed by atoms with Crippen molar-refractivity contribution in [2.45, 2.75) is 46.4 Å². The van der Waals surface area contributed by atoms with Crippen molar-refractivity contribution < 1.29 is 19.1 Å². The topological polar surface area (TPSA) is 111 Å². The van der Waals surface area contributed by atoms with Crippen LogP contribution in [0.25, 0.3) is 22.0 Å². The van der Waals surface area contributed by atoms with E-state index in [-0.39, 0.29) is 12.0 Å². The Hall–Kier alpha value is -3.99. The summed E-state index contributed by atoms with van der Waals surface area (Å²) in [6.07, 6.45) is 2.97. The van der Waals surface area contributed by atoms with Crippen LogP contribution in [0.4, 0.5) is 9.93 Å². The van der Waals surface area contributed by atoms with E-state index in [0.717, 1.165) is 32.7 Å². The molecule has 0 saturated heterocycles. The van der Waals surface area contributed by atoms with E-state index in [9.17, 15) is 9.59 Å². The number of aryl methyl sites for hydroxylation is 2. The third-order valence-electron chi connectivity index (χ3n) is 5.97. The van der Waals surface area contributed by atoms with Gasteiger partial charge in [0.1, 0.15) is 11.4 Å². The number of nitrogens with zero attached hydrogens (tertiary/aromatic N) is 5. The monoisotopic (exact) mass is 520 g/mol. The number of amides is 2. The summed E-state index contributed by atoms with van der Waals surface area (Å²) in [5, 5.41) is 8.65. The Bertz CT molecular complexity index is 1510. The fourth-order valence-electron chi connectivity index (χ4n) is 4.24. The van der Waals surface area contributed by atoms with E-state index in [1.54, 1.807) is 29.1 Å². The van der Waals surface area contributed by atoms with Gasteiger partial charge in [-0.2, -0.15) is 5.10 Å². The number of hydrogen-bond acceptors (Lipinski definition) is 8. The van der Waals surface area contributed by atoms with Crippen molar-refractivity contribution in [1.29, 1.82) is 0 Å². The number of nitrogens with one attached hydrogen (secondary N) is 1. The lowest BCUT2D eigenvalue weighted by atomic mass is 9.98. The van der Waals surface area contributed by atoms with Gasteiger partial charge in [0.25, 0.3) is 5.91 Å². The van der Waals surface area contributed by atoms with Crippen LogP contribution in [-0.4, -0.2) is 49.4 Å². The Morgan fingerprint density at radius 3 is 2.59 bits per heavy atom. The van der Waals surface area contributed by atoms with E-state index < -0.39 is 5.60 Å². The highest BCUT2D eigenvalue weighted by atomic mass is 32.1. The molecule has 5 rings (SSSR count). The molecule has 0 aliphatic carbocycles. The number of thiazole rings is 1. The fourth-order valence-corrected chi connectivity index (χ4v) is 5.22. The van der Waals surface area contributed by atoms with Crippen LogP contribution in [-0.2, 0) is 24.9 Å². The molecule has 1 aliphatic rings. The number of carbonyl (C=O) groups excluding carboxylic acids is 2. The zero-order chi connectivity index (χ0) is 26.5. The van der Waals surface area contributed by atoms with Crippen molar-refractivity contribution in [2.24, 2.45) is 7.05 Å². The second kappa shape index (κ2) is 9.15. The van der Waals surface area contributed by atoms with Crippen LogP contribution >= 0.6 is 11.3 Å². The number of benzene rings is 1. The smallest absolute Gasteiger partial charge is 0.410 e. The van der Waals surface area contributed by atoms with E-state index in [0.29, 0.717) is 35.1 Å². The highest BCUT2D eigenvalue weighted by Crippen LogP contribution is 2.37. The van der Waals surface area contributed by atoms with Crippen molar-refractivity contribution in [3.8, 4) is 16.9 Å². The minimum atomic E-state index is -0.566. The molecular formula is C26H28N6O4S. The van der Waals surface area contributed by atoms with E-state index in [1.807, 2.05) is 52.9 Å². The third-order valence-corrected chi connectivity index (χ3v) is 6.97. The largest absolute Gasteiger partial charge is 0.496 e. The standard InChI is InChI=1S/C26H28N6O4S/c1-14-7-16(17-8-15-10-28-31(5)20(15)9-21(17)35-6)18(11-27-14)23(33)30-24-29-19-12-32(13-22(19)37-24)25(34)36-26(2,3)4/h7-11H,12-13H2,1-6H3,(H,29,30,33). The summed E-state index contributed by atoms with van der Waals surface area (Å²) in [7, 11) is 3.47. The first-order valence-electron chi connectivity index (χ1n) is 11.8. The molecule has 2 amide bonds. The molecule has 0 unspecified atom stereocenters. The van der Waals surface area contributed by atoms with Gasteiger partial charge in [-0.05, 0) is 39.8 Å². The molecule has 4 heterocycles. The Morgan fingerprint density at radius 1 is 1.11 bits per heavy atom. The molecule has 192 valence electrons. The average Bonchev–Trinajstić information content (AvgIpc) is 3.50. The summed E-state index contributed by atoms with van der Waals surface area (Å²) in [5.74, 6) is 0.304. The molecule has 0 bridgehead atoms. The van der Waals surface area contributed by atoms with Gasteiger partial charge in [-0.15, -0.1) is 0 Å². The highest BCUT2D eigenvalue weighted by Gasteiger charge is 2.31. The van der Waals surface area contributed by atoms with Gasteiger partial charge in [0.05, 0.1) is 48.0 Å². The van der Waals surface area contributed by atoms with Gasteiger partial charge in [-0.3, -0.25) is 24.7 Å². The molecule has 3 aromatic heterocycles. The van der Waals surface area contributed by atoms with Crippen LogP contribution < -0.4 is 10.1 Å². The minimum Gasteiger partial charge on any atom is -0.496 e. The summed E-state index contributed by atoms with van der Waals surface area (Å²) in [5.41, 5.74) is 3.77. The molecule has 1 N–H and O–H groups in total. The quantitative estimate of drug-likeness (QED) is 0.407. The van der Waals surface area contributed by atoms with Gasteiger partial charge in [0.15, 0.2) is 5.13 Å². The van der Waals surface area contributed by atoms with Gasteiger partial charge in [0, 0.05) is 41.5 Å². The third kappa shape index (κ3) is 4.86. The zero-order valence-electron chi connectivity index (χ0n) is 21.6. The summed E-state index contributed by atoms with van der Waals surface area (Å²) in [4.78, 5) is 37.3. The van der Waals surface area contributed by atoms with E-state index in [2.05, 4.69) is 20.4 Å². The predicted octanol–water partition coefficient (Wildman–Crippen LogP) is 4.91. The van der Waals surface area contributed by atoms with Crippen molar-refractivity contribution in [3.63, 3.8) is 0 Å². The van der Waals surface area contributed by atoms with Crippen LogP contribution in [0.3, 0.4) is 0 Å². The summed E-state index contributed by atoms with van der Waals surface area (Å²) in [6, 6.07) is 5.75. The molecule has 0 fully saturated rings. The van der Waals surface area contributed by atoms with Crippen LogP contribution in [0.15, 0.2) is 30.6 Å². The van der Waals surface area contributed by atoms with E-state index >= 15 is 0 Å². The van der Waals surface area contributed by atoms with Gasteiger partial charge < -0.3 is 9.47 Å². The molecule has 10 nitrogen and oxygen atoms in total. The van der Waals surface area contributed by atoms with Gasteiger partial charge >= 0.3 is 6.09 Å². The number of aromatic nitrogens is 4. The lowest BCUT2D eigenvalue weighted by Crippen LogP contribution is -2.33. The Labute approximate surface area is 218 Å². The van der Waals surface area contributed by atoms with Crippen molar-refractivity contribution >= 4 is 39.4 Å². The highest BCUT2D eigenvalue weighted by molar-refractivity contribution is 7.16. The molecule has 0 atom stereocenters. The zero-order valence-corrected chi connectivity index (χ0v) is 22.4. The normalized spacial score (nSPS) is 13.1. The summed E-state index contributed by atoms with van der Waals surface area (Å²) >= 11 is 1.35. The predicted molar refractivity (Wildman–Crippen MR) is 141 cm³/mol. The number of hydrogen-bond donors (Lipinski definition) is 1. The molecule has 37 heavy (non-hydrogen) atoms. The minimum absolute atomic E-state index is 0.327. The number of rotatable bonds is 4. The lowest BCUT2D eigenvalue weighted by Gasteiger charge is -2.24. The van der Waals surface area contributed by atoms with Crippen LogP contribution in [0.1, 0.15) is 47.4 Å². The van der Waals surface area contributed by atoms with Gasteiger partial charge in [0.2, 0.25) is 0 Å². The first-order chi connectivity index (χ1) is 17.5.